The lowest BCUT2D eigenvalue weighted by Crippen LogP contribution is -2.52. The van der Waals surface area contributed by atoms with Gasteiger partial charge in [-0.1, -0.05) is 20.4 Å². The number of hydrogen-bond acceptors (Lipinski definition) is 4. The van der Waals surface area contributed by atoms with E-state index >= 15 is 0 Å². The van der Waals surface area contributed by atoms with Gasteiger partial charge in [0.05, 0.1) is 0 Å². The Balaban J connectivity index is 1.96. The van der Waals surface area contributed by atoms with E-state index in [4.69, 9.17) is 4.42 Å². The number of anilines is 1. The summed E-state index contributed by atoms with van der Waals surface area (Å²) in [5, 5.41) is 0. The van der Waals surface area contributed by atoms with Crippen LogP contribution < -0.4 is 4.90 Å². The summed E-state index contributed by atoms with van der Waals surface area (Å²) >= 11 is 0. The van der Waals surface area contributed by atoms with Crippen LogP contribution in [0.2, 0.25) is 0 Å². The number of amides is 2. The van der Waals surface area contributed by atoms with Crippen LogP contribution in [0, 0.1) is 5.92 Å². The van der Waals surface area contributed by atoms with Gasteiger partial charge in [0.1, 0.15) is 18.1 Å². The van der Waals surface area contributed by atoms with Crippen LogP contribution in [0.15, 0.2) is 29.2 Å². The summed E-state index contributed by atoms with van der Waals surface area (Å²) in [6.07, 6.45) is 2.17. The molecule has 0 spiro atoms. The highest BCUT2D eigenvalue weighted by molar-refractivity contribution is 5.98. The average Bonchev–Trinajstić information content (AvgIpc) is 3.00. The predicted octanol–water partition coefficient (Wildman–Crippen LogP) is 1.80. The van der Waals surface area contributed by atoms with Gasteiger partial charge in [-0.05, 0) is 12.1 Å². The van der Waals surface area contributed by atoms with Gasteiger partial charge in [-0.25, -0.2) is 0 Å². The van der Waals surface area contributed by atoms with Gasteiger partial charge in [-0.3, -0.25) is 19.3 Å². The Kier molecular flexibility index (Phi) is 5.36. The number of aryl methyl sites for hydroxylation is 1. The maximum absolute atomic E-state index is 12.2. The molecule has 6 nitrogen and oxygen atoms in total. The first-order chi connectivity index (χ1) is 10.9. The third-order valence-electron chi connectivity index (χ3n) is 3.88. The summed E-state index contributed by atoms with van der Waals surface area (Å²) in [6.45, 7) is 8.02. The number of Topliss-reactive ketones (excluding diaryl/α,β-unsaturated/α-hetero) is 1. The molecule has 2 heterocycles. The van der Waals surface area contributed by atoms with E-state index in [0.717, 1.165) is 0 Å². The molecule has 0 bridgehead atoms. The van der Waals surface area contributed by atoms with Crippen molar-refractivity contribution in [1.29, 1.82) is 0 Å². The Bertz CT molecular complexity index is 618. The lowest BCUT2D eigenvalue weighted by Gasteiger charge is -2.32. The number of ketones is 1. The molecule has 1 aromatic rings. The van der Waals surface area contributed by atoms with Gasteiger partial charge in [0.25, 0.3) is 0 Å². The lowest BCUT2D eigenvalue weighted by atomic mass is 10.0. The van der Waals surface area contributed by atoms with Crippen molar-refractivity contribution in [3.63, 3.8) is 0 Å². The first kappa shape index (κ1) is 17.0. The molecule has 0 atom stereocenters. The summed E-state index contributed by atoms with van der Waals surface area (Å²) in [6, 6.07) is 3.52. The Labute approximate surface area is 135 Å². The highest BCUT2D eigenvalue weighted by Gasteiger charge is 2.28. The lowest BCUT2D eigenvalue weighted by molar-refractivity contribution is -0.133. The summed E-state index contributed by atoms with van der Waals surface area (Å²) in [7, 11) is 0. The van der Waals surface area contributed by atoms with Gasteiger partial charge >= 0.3 is 0 Å². The van der Waals surface area contributed by atoms with Crippen LogP contribution in [0.5, 0.6) is 0 Å². The third-order valence-corrected chi connectivity index (χ3v) is 3.88. The number of nitrogens with zero attached hydrogens (tertiary/aromatic N) is 2. The highest BCUT2D eigenvalue weighted by atomic mass is 16.4. The van der Waals surface area contributed by atoms with Crippen molar-refractivity contribution < 1.29 is 18.8 Å². The van der Waals surface area contributed by atoms with Crippen LogP contribution >= 0.6 is 0 Å². The monoisotopic (exact) mass is 318 g/mol. The molecule has 0 unspecified atom stereocenters. The van der Waals surface area contributed by atoms with Gasteiger partial charge in [0, 0.05) is 37.9 Å². The molecule has 2 amide bonds. The van der Waals surface area contributed by atoms with Crippen LogP contribution in [0.1, 0.15) is 26.0 Å². The van der Waals surface area contributed by atoms with Gasteiger partial charge in [0.15, 0.2) is 0 Å². The largest absolute Gasteiger partial charge is 0.445 e. The summed E-state index contributed by atoms with van der Waals surface area (Å²) < 4.78 is 5.67. The van der Waals surface area contributed by atoms with Gasteiger partial charge in [-0.2, -0.15) is 0 Å². The van der Waals surface area contributed by atoms with E-state index in [0.29, 0.717) is 37.6 Å². The standard InChI is InChI=1S/C17H22N2O4/c1-4-15(21)18-9-10-19(16(22)11-18)17-8-6-13(23-17)5-7-14(20)12(2)3/h4,6,8,12H,1,5,7,9-11H2,2-3H3. The quantitative estimate of drug-likeness (QED) is 0.750. The maximum Gasteiger partial charge on any atom is 0.248 e. The van der Waals surface area contributed by atoms with E-state index in [1.165, 1.54) is 15.9 Å². The topological polar surface area (TPSA) is 70.8 Å². The minimum absolute atomic E-state index is 0.0153. The third kappa shape index (κ3) is 4.09. The molecule has 6 heteroatoms. The fourth-order valence-corrected chi connectivity index (χ4v) is 2.40. The van der Waals surface area contributed by atoms with Crippen molar-refractivity contribution in [2.24, 2.45) is 5.92 Å². The Hall–Kier alpha value is -2.37. The minimum Gasteiger partial charge on any atom is -0.445 e. The van der Waals surface area contributed by atoms with Crippen LogP contribution in [-0.2, 0) is 20.8 Å². The van der Waals surface area contributed by atoms with E-state index in [1.807, 2.05) is 13.8 Å². The number of hydrogen-bond donors (Lipinski definition) is 0. The van der Waals surface area contributed by atoms with Crippen molar-refractivity contribution in [1.82, 2.24) is 4.90 Å². The molecule has 1 aromatic heterocycles. The van der Waals surface area contributed by atoms with E-state index in [2.05, 4.69) is 6.58 Å². The zero-order chi connectivity index (χ0) is 17.0. The first-order valence-electron chi connectivity index (χ1n) is 7.75. The molecule has 1 fully saturated rings. The van der Waals surface area contributed by atoms with E-state index < -0.39 is 0 Å². The fourth-order valence-electron chi connectivity index (χ4n) is 2.40. The number of carbonyl (C=O) groups excluding carboxylic acids is 3. The van der Waals surface area contributed by atoms with Gasteiger partial charge in [-0.15, -0.1) is 0 Å². The van der Waals surface area contributed by atoms with Crippen LogP contribution in [0.25, 0.3) is 0 Å². The average molecular weight is 318 g/mol. The zero-order valence-electron chi connectivity index (χ0n) is 13.6. The molecule has 0 aliphatic carbocycles. The SMILES string of the molecule is C=CC(=O)N1CCN(c2ccc(CCC(=O)C(C)C)o2)C(=O)C1. The Morgan fingerprint density at radius 2 is 2.09 bits per heavy atom. The Morgan fingerprint density at radius 3 is 2.70 bits per heavy atom. The second-order valence-corrected chi connectivity index (χ2v) is 5.87. The van der Waals surface area contributed by atoms with Gasteiger partial charge < -0.3 is 9.32 Å². The predicted molar refractivity (Wildman–Crippen MR) is 86.0 cm³/mol. The molecule has 23 heavy (non-hydrogen) atoms. The van der Waals surface area contributed by atoms with Crippen LogP contribution in [-0.4, -0.2) is 42.1 Å². The van der Waals surface area contributed by atoms with Crippen molar-refractivity contribution >= 4 is 23.5 Å². The van der Waals surface area contributed by atoms with Gasteiger partial charge in [0.2, 0.25) is 17.7 Å². The fraction of sp³-hybridized carbons (Fsp3) is 0.471. The molecule has 1 saturated heterocycles. The number of rotatable bonds is 6. The zero-order valence-corrected chi connectivity index (χ0v) is 13.6. The number of piperazine rings is 1. The van der Waals surface area contributed by atoms with Crippen LogP contribution in [0.4, 0.5) is 5.88 Å². The molecular weight excluding hydrogens is 296 g/mol. The molecule has 0 N–H and O–H groups in total. The Morgan fingerprint density at radius 1 is 1.35 bits per heavy atom. The van der Waals surface area contributed by atoms with E-state index in [1.54, 1.807) is 12.1 Å². The van der Waals surface area contributed by atoms with Crippen molar-refractivity contribution in [2.45, 2.75) is 26.7 Å². The molecule has 0 aromatic carbocycles. The number of furan rings is 1. The molecule has 1 aliphatic rings. The van der Waals surface area contributed by atoms with Crippen molar-refractivity contribution in [3.05, 3.63) is 30.5 Å². The molecule has 124 valence electrons. The van der Waals surface area contributed by atoms with Crippen LogP contribution in [0.3, 0.4) is 0 Å². The molecule has 0 saturated carbocycles. The molecule has 2 rings (SSSR count). The van der Waals surface area contributed by atoms with E-state index in [9.17, 15) is 14.4 Å². The van der Waals surface area contributed by atoms with Crippen molar-refractivity contribution in [3.8, 4) is 0 Å². The normalized spacial score (nSPS) is 15.2. The first-order valence-corrected chi connectivity index (χ1v) is 7.75. The number of carbonyl (C=O) groups is 3. The molecular formula is C17H22N2O4. The summed E-state index contributed by atoms with van der Waals surface area (Å²) in [5.41, 5.74) is 0. The smallest absolute Gasteiger partial charge is 0.248 e. The maximum atomic E-state index is 12.2. The molecule has 0 radical (unpaired) electrons. The van der Waals surface area contributed by atoms with E-state index in [-0.39, 0.29) is 30.1 Å². The van der Waals surface area contributed by atoms with Crippen molar-refractivity contribution in [2.75, 3.05) is 24.5 Å². The summed E-state index contributed by atoms with van der Waals surface area (Å²) in [5.74, 6) is 0.923. The minimum atomic E-state index is -0.245. The highest BCUT2D eigenvalue weighted by Crippen LogP contribution is 2.22. The second-order valence-electron chi connectivity index (χ2n) is 5.87. The summed E-state index contributed by atoms with van der Waals surface area (Å²) in [4.78, 5) is 38.4. The molecule has 1 aliphatic heterocycles. The second kappa shape index (κ2) is 7.26.